The summed E-state index contributed by atoms with van der Waals surface area (Å²) in [6, 6.07) is 22.0. The minimum absolute atomic E-state index is 0.304. The van der Waals surface area contributed by atoms with E-state index in [0.29, 0.717) is 33.9 Å². The van der Waals surface area contributed by atoms with Gasteiger partial charge in [0.1, 0.15) is 11.5 Å². The van der Waals surface area contributed by atoms with Crippen molar-refractivity contribution in [2.45, 2.75) is 17.5 Å². The zero-order chi connectivity index (χ0) is 29.0. The number of hydrogen-bond acceptors (Lipinski definition) is 7. The molecule has 0 radical (unpaired) electrons. The van der Waals surface area contributed by atoms with Gasteiger partial charge in [0.25, 0.3) is 0 Å². The monoisotopic (exact) mass is 557 g/mol. The molecule has 42 heavy (non-hydrogen) atoms. The van der Waals surface area contributed by atoms with Gasteiger partial charge in [-0.2, -0.15) is 0 Å². The Hall–Kier alpha value is -5.24. The van der Waals surface area contributed by atoms with Gasteiger partial charge in [0.05, 0.1) is 26.2 Å². The number of carbonyl (C=O) groups excluding carboxylic acids is 3. The van der Waals surface area contributed by atoms with Crippen molar-refractivity contribution >= 4 is 29.2 Å². The highest BCUT2D eigenvalue weighted by molar-refractivity contribution is 6.16. The van der Waals surface area contributed by atoms with E-state index >= 15 is 0 Å². The van der Waals surface area contributed by atoms with Crippen molar-refractivity contribution in [3.63, 3.8) is 0 Å². The van der Waals surface area contributed by atoms with Crippen molar-refractivity contribution in [2.24, 2.45) is 5.92 Å². The number of benzene rings is 3. The molecule has 1 N–H and O–H groups in total. The van der Waals surface area contributed by atoms with Crippen LogP contribution in [0, 0.1) is 5.92 Å². The minimum Gasteiger partial charge on any atom is -0.493 e. The molecule has 4 atom stereocenters. The van der Waals surface area contributed by atoms with Crippen LogP contribution >= 0.6 is 0 Å². The number of anilines is 1. The lowest BCUT2D eigenvalue weighted by Gasteiger charge is -2.38. The average molecular weight is 558 g/mol. The van der Waals surface area contributed by atoms with E-state index in [1.807, 2.05) is 65.7 Å². The normalized spacial score (nSPS) is 23.1. The van der Waals surface area contributed by atoms with Gasteiger partial charge < -0.3 is 19.7 Å². The fourth-order valence-electron chi connectivity index (χ4n) is 7.02. The van der Waals surface area contributed by atoms with E-state index in [0.717, 1.165) is 11.1 Å². The number of ketones is 2. The lowest BCUT2D eigenvalue weighted by atomic mass is 9.62. The molecule has 1 aromatic heterocycles. The smallest absolute Gasteiger partial charge is 0.238 e. The Morgan fingerprint density at radius 3 is 2.45 bits per heavy atom. The van der Waals surface area contributed by atoms with Crippen molar-refractivity contribution in [1.82, 2.24) is 9.88 Å². The van der Waals surface area contributed by atoms with Crippen molar-refractivity contribution < 1.29 is 23.9 Å². The molecule has 7 rings (SSSR count). The maximum atomic E-state index is 14.7. The van der Waals surface area contributed by atoms with E-state index in [9.17, 15) is 14.4 Å². The second-order valence-corrected chi connectivity index (χ2v) is 10.6. The van der Waals surface area contributed by atoms with Crippen LogP contribution in [-0.2, 0) is 10.2 Å². The number of methoxy groups -OCH3 is 2. The molecule has 3 aromatic carbocycles. The van der Waals surface area contributed by atoms with Crippen molar-refractivity contribution in [2.75, 3.05) is 19.5 Å². The fourth-order valence-corrected chi connectivity index (χ4v) is 7.02. The summed E-state index contributed by atoms with van der Waals surface area (Å²) >= 11 is 0. The number of nitrogens with one attached hydrogen (secondary N) is 1. The summed E-state index contributed by atoms with van der Waals surface area (Å²) < 4.78 is 10.9. The molecular formula is C34H27N3O5. The Labute approximate surface area is 242 Å². The predicted octanol–water partition coefficient (Wildman–Crippen LogP) is 5.08. The maximum Gasteiger partial charge on any atom is 0.238 e. The number of Topliss-reactive ketones (excluding diaryl/α,β-unsaturated/α-hetero) is 2. The van der Waals surface area contributed by atoms with Crippen LogP contribution in [0.4, 0.5) is 5.69 Å². The van der Waals surface area contributed by atoms with Gasteiger partial charge in [-0.15, -0.1) is 0 Å². The third-order valence-corrected chi connectivity index (χ3v) is 8.74. The van der Waals surface area contributed by atoms with Crippen LogP contribution < -0.4 is 14.8 Å². The lowest BCUT2D eigenvalue weighted by Crippen LogP contribution is -2.49. The Morgan fingerprint density at radius 2 is 1.67 bits per heavy atom. The molecule has 3 aliphatic rings. The molecule has 1 fully saturated rings. The number of nitrogens with zero attached hydrogens (tertiary/aromatic N) is 2. The van der Waals surface area contributed by atoms with Gasteiger partial charge in [-0.3, -0.25) is 19.4 Å². The number of para-hydroxylation sites is 1. The van der Waals surface area contributed by atoms with Crippen LogP contribution in [-0.4, -0.2) is 47.6 Å². The van der Waals surface area contributed by atoms with Crippen LogP contribution in [0.3, 0.4) is 0 Å². The van der Waals surface area contributed by atoms with Crippen molar-refractivity contribution in [3.05, 3.63) is 125 Å². The topological polar surface area (TPSA) is 97.8 Å². The maximum absolute atomic E-state index is 14.7. The predicted molar refractivity (Wildman–Crippen MR) is 157 cm³/mol. The van der Waals surface area contributed by atoms with E-state index < -0.39 is 23.4 Å². The molecule has 0 saturated carbocycles. The fraction of sp³-hybridized carbons (Fsp3) is 0.176. The van der Waals surface area contributed by atoms with Gasteiger partial charge in [-0.05, 0) is 59.2 Å². The van der Waals surface area contributed by atoms with Gasteiger partial charge >= 0.3 is 0 Å². The Kier molecular flexibility index (Phi) is 5.93. The number of hydrogen-bond donors (Lipinski definition) is 1. The summed E-state index contributed by atoms with van der Waals surface area (Å²) in [5, 5.41) is 3.06. The molecule has 1 amide bonds. The van der Waals surface area contributed by atoms with E-state index in [1.165, 1.54) is 20.4 Å². The van der Waals surface area contributed by atoms with Gasteiger partial charge in [-0.25, -0.2) is 0 Å². The largest absolute Gasteiger partial charge is 0.493 e. The summed E-state index contributed by atoms with van der Waals surface area (Å²) in [6.45, 7) is 0. The number of pyridine rings is 1. The summed E-state index contributed by atoms with van der Waals surface area (Å²) in [7, 11) is 3.03. The van der Waals surface area contributed by atoms with Gasteiger partial charge in [0.15, 0.2) is 23.1 Å². The van der Waals surface area contributed by atoms with E-state index in [4.69, 9.17) is 9.47 Å². The molecule has 3 aliphatic heterocycles. The van der Waals surface area contributed by atoms with Crippen LogP contribution in [0.15, 0.2) is 97.5 Å². The number of ether oxygens (including phenoxy) is 2. The summed E-state index contributed by atoms with van der Waals surface area (Å²) in [5.74, 6) is -1.14. The van der Waals surface area contributed by atoms with Crippen molar-refractivity contribution in [3.8, 4) is 11.5 Å². The van der Waals surface area contributed by atoms with Crippen LogP contribution in [0.2, 0.25) is 0 Å². The van der Waals surface area contributed by atoms with Crippen LogP contribution in [0.25, 0.3) is 6.08 Å². The first-order valence-electron chi connectivity index (χ1n) is 13.7. The molecule has 1 saturated heterocycles. The minimum atomic E-state index is -1.40. The molecule has 8 heteroatoms. The number of amides is 1. The zero-order valence-corrected chi connectivity index (χ0v) is 23.0. The van der Waals surface area contributed by atoms with E-state index in [2.05, 4.69) is 10.3 Å². The molecule has 208 valence electrons. The van der Waals surface area contributed by atoms with Crippen LogP contribution in [0.1, 0.15) is 43.4 Å². The van der Waals surface area contributed by atoms with Gasteiger partial charge in [-0.1, -0.05) is 42.5 Å². The third-order valence-electron chi connectivity index (χ3n) is 8.74. The number of rotatable bonds is 6. The molecule has 1 spiro atoms. The second-order valence-electron chi connectivity index (χ2n) is 10.6. The van der Waals surface area contributed by atoms with Crippen LogP contribution in [0.5, 0.6) is 11.5 Å². The Bertz CT molecular complexity index is 1790. The lowest BCUT2D eigenvalue weighted by molar-refractivity contribution is -0.122. The molecule has 0 unspecified atom stereocenters. The average Bonchev–Trinajstić information content (AvgIpc) is 3.52. The van der Waals surface area contributed by atoms with Gasteiger partial charge in [0.2, 0.25) is 5.91 Å². The first kappa shape index (κ1) is 25.7. The molecule has 4 aromatic rings. The summed E-state index contributed by atoms with van der Waals surface area (Å²) in [6.07, 6.45) is 6.87. The number of aromatic nitrogens is 1. The first-order chi connectivity index (χ1) is 20.5. The molecule has 4 heterocycles. The van der Waals surface area contributed by atoms with Gasteiger partial charge in [0, 0.05) is 35.4 Å². The standard InChI is InChI=1S/C34H27N3O5/c1-41-26-14-13-21(18-27(26)42-2)31(39)29-28(30(38)22-9-7-16-35-19-22)34(24-11-5-6-12-25(24)36-33(34)40)32-23-10-4-3-8-20(23)15-17-37(29)32/h3-19,28-29,32H,1-2H3,(H,36,40)/t28-,29+,32+,34-/m0/s1. The highest BCUT2D eigenvalue weighted by Gasteiger charge is 2.70. The first-order valence-corrected chi connectivity index (χ1v) is 13.7. The molecule has 0 bridgehead atoms. The molecule has 0 aliphatic carbocycles. The van der Waals surface area contributed by atoms with E-state index in [1.54, 1.807) is 36.5 Å². The second kappa shape index (κ2) is 9.69. The molecule has 8 nitrogen and oxygen atoms in total. The SMILES string of the molecule is COc1ccc(C(=O)[C@H]2[C@@H](C(=O)c3cccnc3)[C@]3(C(=O)Nc4ccccc43)[C@H]3c4ccccc4C=CN23)cc1OC. The van der Waals surface area contributed by atoms with E-state index in [-0.39, 0.29) is 17.5 Å². The Balaban J connectivity index is 1.52. The number of fused-ring (bicyclic) bond motifs is 6. The Morgan fingerprint density at radius 1 is 0.881 bits per heavy atom. The molecular weight excluding hydrogens is 530 g/mol. The zero-order valence-electron chi connectivity index (χ0n) is 23.0. The summed E-state index contributed by atoms with van der Waals surface area (Å²) in [5.41, 5.74) is 2.41. The number of carbonyl (C=O) groups is 3. The third kappa shape index (κ3) is 3.48. The highest BCUT2D eigenvalue weighted by atomic mass is 16.5. The highest BCUT2D eigenvalue weighted by Crippen LogP contribution is 2.62. The quantitative estimate of drug-likeness (QED) is 0.330. The van der Waals surface area contributed by atoms with Crippen molar-refractivity contribution in [1.29, 1.82) is 0 Å². The summed E-state index contributed by atoms with van der Waals surface area (Å²) in [4.78, 5) is 50.0.